The van der Waals surface area contributed by atoms with Crippen LogP contribution in [-0.2, 0) is 21.3 Å². The number of piperazine rings is 1. The first-order valence-corrected chi connectivity index (χ1v) is 14.8. The number of para-hydroxylation sites is 1. The van der Waals surface area contributed by atoms with E-state index < -0.39 is 10.0 Å². The van der Waals surface area contributed by atoms with E-state index in [1.165, 1.54) is 11.1 Å². The minimum Gasteiger partial charge on any atom is -0.378 e. The smallest absolute Gasteiger partial charge is 0.211 e. The third-order valence-electron chi connectivity index (χ3n) is 6.76. The molecule has 4 aromatic rings. The quantitative estimate of drug-likeness (QED) is 0.394. The molecule has 0 spiro atoms. The van der Waals surface area contributed by atoms with Crippen LogP contribution in [0.2, 0.25) is 0 Å². The first-order valence-electron chi connectivity index (χ1n) is 12.1. The van der Waals surface area contributed by atoms with Crippen LogP contribution in [-0.4, -0.2) is 91.3 Å². The lowest BCUT2D eigenvalue weighted by Gasteiger charge is -2.32. The van der Waals surface area contributed by atoms with Crippen molar-refractivity contribution in [2.75, 3.05) is 63.6 Å². The zero-order valence-corrected chi connectivity index (χ0v) is 21.8. The van der Waals surface area contributed by atoms with E-state index in [1.54, 1.807) is 15.6 Å². The number of sulfonamides is 1. The third kappa shape index (κ3) is 4.81. The van der Waals surface area contributed by atoms with E-state index in [4.69, 9.17) is 14.7 Å². The molecule has 0 unspecified atom stereocenters. The number of nitrogens with zero attached hydrogens (tertiary/aromatic N) is 6. The number of aromatic nitrogens is 3. The SMILES string of the molecule is CS(=O)(=O)N1CCN(Cc2cc3c(N4CCOCC4)nc(-c4cnc5ccccc5c4)nc3s2)CC1. The molecule has 5 heterocycles. The Balaban J connectivity index is 1.34. The van der Waals surface area contributed by atoms with Gasteiger partial charge in [0.25, 0.3) is 0 Å². The highest BCUT2D eigenvalue weighted by Gasteiger charge is 2.25. The molecule has 0 bridgehead atoms. The molecule has 0 amide bonds. The summed E-state index contributed by atoms with van der Waals surface area (Å²) in [6.45, 7) is 6.21. The monoisotopic (exact) mass is 524 g/mol. The van der Waals surface area contributed by atoms with Crippen molar-refractivity contribution in [1.82, 2.24) is 24.2 Å². The van der Waals surface area contributed by atoms with Crippen LogP contribution in [0.4, 0.5) is 5.82 Å². The number of ether oxygens (including phenoxy) is 1. The van der Waals surface area contributed by atoms with Gasteiger partial charge >= 0.3 is 0 Å². The summed E-state index contributed by atoms with van der Waals surface area (Å²) in [6.07, 6.45) is 3.13. The number of anilines is 1. The lowest BCUT2D eigenvalue weighted by Crippen LogP contribution is -2.47. The van der Waals surface area contributed by atoms with Gasteiger partial charge in [-0.2, -0.15) is 4.31 Å². The van der Waals surface area contributed by atoms with Gasteiger partial charge in [0.05, 0.1) is 30.4 Å². The Morgan fingerprint density at radius 2 is 1.78 bits per heavy atom. The topological polar surface area (TPSA) is 91.8 Å². The summed E-state index contributed by atoms with van der Waals surface area (Å²) in [5, 5.41) is 2.12. The van der Waals surface area contributed by atoms with Crippen LogP contribution in [0, 0.1) is 0 Å². The average Bonchev–Trinajstić information content (AvgIpc) is 3.30. The fraction of sp³-hybridized carbons (Fsp3) is 0.400. The average molecular weight is 525 g/mol. The van der Waals surface area contributed by atoms with Crippen molar-refractivity contribution in [2.24, 2.45) is 0 Å². The molecule has 2 saturated heterocycles. The molecule has 9 nitrogen and oxygen atoms in total. The molecule has 3 aromatic heterocycles. The van der Waals surface area contributed by atoms with Gasteiger partial charge in [-0.25, -0.2) is 18.4 Å². The summed E-state index contributed by atoms with van der Waals surface area (Å²) in [5.74, 6) is 1.62. The van der Waals surface area contributed by atoms with Gasteiger partial charge in [0.1, 0.15) is 10.6 Å². The summed E-state index contributed by atoms with van der Waals surface area (Å²) in [7, 11) is -3.14. The van der Waals surface area contributed by atoms with Gasteiger partial charge in [0, 0.05) is 67.8 Å². The number of pyridine rings is 1. The van der Waals surface area contributed by atoms with Gasteiger partial charge in [-0.05, 0) is 18.2 Å². The van der Waals surface area contributed by atoms with Crippen LogP contribution in [0.25, 0.3) is 32.5 Å². The molecule has 2 fully saturated rings. The van der Waals surface area contributed by atoms with Gasteiger partial charge in [0.2, 0.25) is 10.0 Å². The van der Waals surface area contributed by atoms with E-state index in [2.05, 4.69) is 33.0 Å². The molecule has 0 saturated carbocycles. The van der Waals surface area contributed by atoms with Gasteiger partial charge < -0.3 is 9.64 Å². The molecule has 2 aliphatic heterocycles. The van der Waals surface area contributed by atoms with Crippen LogP contribution in [0.15, 0.2) is 42.6 Å². The van der Waals surface area contributed by atoms with Gasteiger partial charge in [-0.3, -0.25) is 9.88 Å². The standard InChI is InChI=1S/C25H28N6O3S2/c1-36(32,33)31-8-6-29(7-9-31)17-20-15-21-24(30-10-12-34-13-11-30)27-23(28-25(21)35-20)19-14-18-4-2-3-5-22(18)26-16-19/h2-5,14-16H,6-13,17H2,1H3. The van der Waals surface area contributed by atoms with Crippen LogP contribution in [0.3, 0.4) is 0 Å². The Bertz CT molecular complexity index is 1510. The van der Waals surface area contributed by atoms with Crippen molar-refractivity contribution < 1.29 is 13.2 Å². The largest absolute Gasteiger partial charge is 0.378 e. The van der Waals surface area contributed by atoms with Gasteiger partial charge in [-0.15, -0.1) is 11.3 Å². The molecule has 36 heavy (non-hydrogen) atoms. The van der Waals surface area contributed by atoms with Crippen molar-refractivity contribution in [1.29, 1.82) is 0 Å². The van der Waals surface area contributed by atoms with Gasteiger partial charge in [0.15, 0.2) is 5.82 Å². The summed E-state index contributed by atoms with van der Waals surface area (Å²) in [5.41, 5.74) is 1.85. The molecule has 6 rings (SSSR count). The Hall–Kier alpha value is -2.70. The summed E-state index contributed by atoms with van der Waals surface area (Å²) < 4.78 is 30.9. The molecule has 2 aliphatic rings. The summed E-state index contributed by atoms with van der Waals surface area (Å²) >= 11 is 1.68. The van der Waals surface area contributed by atoms with Crippen molar-refractivity contribution >= 4 is 48.3 Å². The van der Waals surface area contributed by atoms with E-state index in [1.807, 2.05) is 24.4 Å². The summed E-state index contributed by atoms with van der Waals surface area (Å²) in [4.78, 5) is 21.4. The normalized spacial score (nSPS) is 18.3. The molecule has 0 N–H and O–H groups in total. The molecule has 0 aliphatic carbocycles. The molecule has 0 atom stereocenters. The van der Waals surface area contributed by atoms with E-state index in [0.29, 0.717) is 32.1 Å². The zero-order valence-electron chi connectivity index (χ0n) is 20.1. The fourth-order valence-electron chi connectivity index (χ4n) is 4.81. The van der Waals surface area contributed by atoms with Gasteiger partial charge in [-0.1, -0.05) is 18.2 Å². The minimum atomic E-state index is -3.14. The number of morpholine rings is 1. The van der Waals surface area contributed by atoms with Crippen LogP contribution < -0.4 is 4.90 Å². The maximum atomic E-state index is 11.9. The van der Waals surface area contributed by atoms with E-state index in [-0.39, 0.29) is 0 Å². The van der Waals surface area contributed by atoms with E-state index >= 15 is 0 Å². The van der Waals surface area contributed by atoms with Crippen LogP contribution in [0.1, 0.15) is 4.88 Å². The maximum Gasteiger partial charge on any atom is 0.211 e. The molecule has 11 heteroatoms. The Morgan fingerprint density at radius 1 is 1.00 bits per heavy atom. The van der Waals surface area contributed by atoms with Crippen molar-refractivity contribution in [2.45, 2.75) is 6.54 Å². The molecule has 188 valence electrons. The second kappa shape index (κ2) is 9.64. The number of rotatable bonds is 5. The first kappa shape index (κ1) is 23.7. The van der Waals surface area contributed by atoms with Crippen molar-refractivity contribution in [3.05, 3.63) is 47.5 Å². The minimum absolute atomic E-state index is 0.529. The fourth-order valence-corrected chi connectivity index (χ4v) is 6.70. The second-order valence-corrected chi connectivity index (χ2v) is 12.4. The predicted octanol–water partition coefficient (Wildman–Crippen LogP) is 2.82. The van der Waals surface area contributed by atoms with E-state index in [9.17, 15) is 8.42 Å². The second-order valence-electron chi connectivity index (χ2n) is 9.26. The van der Waals surface area contributed by atoms with E-state index in [0.717, 1.165) is 65.2 Å². The summed E-state index contributed by atoms with van der Waals surface area (Å²) in [6, 6.07) is 12.4. The first-order chi connectivity index (χ1) is 17.4. The Morgan fingerprint density at radius 3 is 2.56 bits per heavy atom. The lowest BCUT2D eigenvalue weighted by atomic mass is 10.1. The zero-order chi connectivity index (χ0) is 24.7. The Kier molecular flexibility index (Phi) is 6.34. The third-order valence-corrected chi connectivity index (χ3v) is 9.08. The number of benzene rings is 1. The number of hydrogen-bond acceptors (Lipinski definition) is 9. The predicted molar refractivity (Wildman–Crippen MR) is 143 cm³/mol. The lowest BCUT2D eigenvalue weighted by molar-refractivity contribution is 0.122. The van der Waals surface area contributed by atoms with Crippen molar-refractivity contribution in [3.63, 3.8) is 0 Å². The highest BCUT2D eigenvalue weighted by atomic mass is 32.2. The number of hydrogen-bond donors (Lipinski definition) is 0. The van der Waals surface area contributed by atoms with Crippen LogP contribution >= 0.6 is 11.3 Å². The van der Waals surface area contributed by atoms with Crippen LogP contribution in [0.5, 0.6) is 0 Å². The number of thiophene rings is 1. The highest BCUT2D eigenvalue weighted by Crippen LogP contribution is 2.34. The van der Waals surface area contributed by atoms with Crippen molar-refractivity contribution in [3.8, 4) is 11.4 Å². The Labute approximate surface area is 214 Å². The highest BCUT2D eigenvalue weighted by molar-refractivity contribution is 7.88. The molecule has 0 radical (unpaired) electrons. The molecular weight excluding hydrogens is 496 g/mol. The maximum absolute atomic E-state index is 11.9. The molecule has 1 aromatic carbocycles. The molecular formula is C25H28N6O3S2. The number of fused-ring (bicyclic) bond motifs is 2.